The first-order valence-electron chi connectivity index (χ1n) is 3.34. The number of aliphatic hydroxyl groups is 2. The second kappa shape index (κ2) is 5.21. The fraction of sp³-hybridized carbons (Fsp3) is 0.500. The Bertz CT molecular complexity index is 111. The second-order valence-electron chi connectivity index (χ2n) is 2.03. The summed E-state index contributed by atoms with van der Waals surface area (Å²) in [4.78, 5) is 0. The molecule has 0 heterocycles. The number of hydrogen-bond donors (Lipinski definition) is 2. The normalized spacial score (nSPS) is 18.4. The van der Waals surface area contributed by atoms with Crippen LogP contribution in [0.25, 0.3) is 0 Å². The molecule has 0 aromatic heterocycles. The molecule has 0 radical (unpaired) electrons. The Labute approximate surface area is 61.5 Å². The molecule has 0 aromatic rings. The van der Waals surface area contributed by atoms with Crippen molar-refractivity contribution in [2.45, 2.75) is 26.1 Å². The summed E-state index contributed by atoms with van der Waals surface area (Å²) in [7, 11) is 0. The minimum atomic E-state index is -0.777. The van der Waals surface area contributed by atoms with E-state index in [0.29, 0.717) is 0 Å². The molecule has 10 heavy (non-hydrogen) atoms. The molecule has 0 rings (SSSR count). The molecule has 58 valence electrons. The molecule has 0 spiro atoms. The zero-order chi connectivity index (χ0) is 7.98. The fourth-order valence-electron chi connectivity index (χ4n) is 0.622. The lowest BCUT2D eigenvalue weighted by Crippen LogP contribution is -2.20. The van der Waals surface area contributed by atoms with Gasteiger partial charge in [0.15, 0.2) is 0 Å². The van der Waals surface area contributed by atoms with Crippen molar-refractivity contribution in [3.05, 3.63) is 24.3 Å². The monoisotopic (exact) mass is 142 g/mol. The van der Waals surface area contributed by atoms with Crippen LogP contribution in [0, 0.1) is 0 Å². The van der Waals surface area contributed by atoms with Gasteiger partial charge in [0, 0.05) is 0 Å². The third-order valence-electron chi connectivity index (χ3n) is 1.13. The molecule has 0 saturated heterocycles. The van der Waals surface area contributed by atoms with Crippen molar-refractivity contribution >= 4 is 0 Å². The van der Waals surface area contributed by atoms with Crippen LogP contribution in [0.3, 0.4) is 0 Å². The summed E-state index contributed by atoms with van der Waals surface area (Å²) in [6, 6.07) is 0. The summed E-state index contributed by atoms with van der Waals surface area (Å²) in [5.41, 5.74) is 0. The Morgan fingerprint density at radius 2 is 1.20 bits per heavy atom. The van der Waals surface area contributed by atoms with Crippen LogP contribution in [0.4, 0.5) is 0 Å². The molecule has 2 nitrogen and oxygen atoms in total. The van der Waals surface area contributed by atoms with E-state index in [1.54, 1.807) is 38.2 Å². The standard InChI is InChI=1S/C8H14O2/c1-3-5-7(9)8(10)6-4-2/h3-10H,1-2H3. The van der Waals surface area contributed by atoms with Gasteiger partial charge in [-0.15, -0.1) is 0 Å². The van der Waals surface area contributed by atoms with Crippen LogP contribution in [0.15, 0.2) is 24.3 Å². The van der Waals surface area contributed by atoms with Gasteiger partial charge in [-0.25, -0.2) is 0 Å². The van der Waals surface area contributed by atoms with Gasteiger partial charge in [0.1, 0.15) is 12.2 Å². The first-order valence-corrected chi connectivity index (χ1v) is 3.34. The highest BCUT2D eigenvalue weighted by atomic mass is 16.3. The summed E-state index contributed by atoms with van der Waals surface area (Å²) >= 11 is 0. The molecule has 0 saturated carbocycles. The van der Waals surface area contributed by atoms with Gasteiger partial charge in [0.2, 0.25) is 0 Å². The van der Waals surface area contributed by atoms with E-state index >= 15 is 0 Å². The zero-order valence-corrected chi connectivity index (χ0v) is 6.36. The van der Waals surface area contributed by atoms with Crippen LogP contribution >= 0.6 is 0 Å². The van der Waals surface area contributed by atoms with Gasteiger partial charge < -0.3 is 10.2 Å². The molecule has 2 N–H and O–H groups in total. The zero-order valence-electron chi connectivity index (χ0n) is 6.36. The molecule has 0 aliphatic heterocycles. The van der Waals surface area contributed by atoms with Crippen LogP contribution in [-0.2, 0) is 0 Å². The quantitative estimate of drug-likeness (QED) is 0.574. The number of allylic oxidation sites excluding steroid dienone is 2. The topological polar surface area (TPSA) is 40.5 Å². The molecular formula is C8H14O2. The van der Waals surface area contributed by atoms with Crippen molar-refractivity contribution in [1.29, 1.82) is 0 Å². The minimum absolute atomic E-state index is 0.777. The van der Waals surface area contributed by atoms with E-state index in [4.69, 9.17) is 10.2 Å². The molecule has 0 bridgehead atoms. The first-order chi connectivity index (χ1) is 4.72. The maximum absolute atomic E-state index is 9.06. The third kappa shape index (κ3) is 3.43. The van der Waals surface area contributed by atoms with Gasteiger partial charge in [0.05, 0.1) is 0 Å². The third-order valence-corrected chi connectivity index (χ3v) is 1.13. The van der Waals surface area contributed by atoms with Gasteiger partial charge in [-0.05, 0) is 13.8 Å². The van der Waals surface area contributed by atoms with Gasteiger partial charge in [-0.3, -0.25) is 0 Å². The molecule has 2 atom stereocenters. The number of rotatable bonds is 3. The van der Waals surface area contributed by atoms with Gasteiger partial charge in [-0.1, -0.05) is 24.3 Å². The van der Waals surface area contributed by atoms with Crippen molar-refractivity contribution < 1.29 is 10.2 Å². The van der Waals surface area contributed by atoms with E-state index < -0.39 is 12.2 Å². The highest BCUT2D eigenvalue weighted by molar-refractivity contribution is 4.98. The first kappa shape index (κ1) is 9.40. The van der Waals surface area contributed by atoms with E-state index in [1.165, 1.54) is 0 Å². The lowest BCUT2D eigenvalue weighted by atomic mass is 10.2. The lowest BCUT2D eigenvalue weighted by molar-refractivity contribution is 0.0807. The highest BCUT2D eigenvalue weighted by Gasteiger charge is 2.06. The predicted octanol–water partition coefficient (Wildman–Crippen LogP) is 0.860. The van der Waals surface area contributed by atoms with Crippen molar-refractivity contribution in [2.75, 3.05) is 0 Å². The van der Waals surface area contributed by atoms with Crippen LogP contribution < -0.4 is 0 Å². The predicted molar refractivity (Wildman–Crippen MR) is 41.6 cm³/mol. The second-order valence-corrected chi connectivity index (χ2v) is 2.03. The number of hydrogen-bond acceptors (Lipinski definition) is 2. The molecule has 0 aromatic carbocycles. The summed E-state index contributed by atoms with van der Waals surface area (Å²) < 4.78 is 0. The Hall–Kier alpha value is -0.600. The molecular weight excluding hydrogens is 128 g/mol. The molecule has 0 aliphatic carbocycles. The molecule has 0 amide bonds. The van der Waals surface area contributed by atoms with Crippen LogP contribution in [-0.4, -0.2) is 22.4 Å². The van der Waals surface area contributed by atoms with Crippen molar-refractivity contribution in [3.63, 3.8) is 0 Å². The lowest BCUT2D eigenvalue weighted by Gasteiger charge is -2.08. The minimum Gasteiger partial charge on any atom is -0.386 e. The van der Waals surface area contributed by atoms with E-state index in [2.05, 4.69) is 0 Å². The Morgan fingerprint density at radius 1 is 0.900 bits per heavy atom. The van der Waals surface area contributed by atoms with Gasteiger partial charge in [-0.2, -0.15) is 0 Å². The molecule has 0 fully saturated rings. The van der Waals surface area contributed by atoms with E-state index in [1.807, 2.05) is 0 Å². The highest BCUT2D eigenvalue weighted by Crippen LogP contribution is 1.96. The summed E-state index contributed by atoms with van der Waals surface area (Å²) in [5, 5.41) is 18.1. The summed E-state index contributed by atoms with van der Waals surface area (Å²) in [6.45, 7) is 3.59. The van der Waals surface area contributed by atoms with Crippen LogP contribution in [0.2, 0.25) is 0 Å². The van der Waals surface area contributed by atoms with E-state index in [-0.39, 0.29) is 0 Å². The summed E-state index contributed by atoms with van der Waals surface area (Å²) in [6.07, 6.45) is 4.95. The summed E-state index contributed by atoms with van der Waals surface area (Å²) in [5.74, 6) is 0. The largest absolute Gasteiger partial charge is 0.386 e. The maximum atomic E-state index is 9.06. The van der Waals surface area contributed by atoms with E-state index in [0.717, 1.165) is 0 Å². The smallest absolute Gasteiger partial charge is 0.102 e. The van der Waals surface area contributed by atoms with Gasteiger partial charge in [0.25, 0.3) is 0 Å². The molecule has 0 aliphatic rings. The van der Waals surface area contributed by atoms with Crippen molar-refractivity contribution in [2.24, 2.45) is 0 Å². The SMILES string of the molecule is CC=CC(O)C(O)C=CC. The Balaban J connectivity index is 3.81. The Morgan fingerprint density at radius 3 is 1.40 bits per heavy atom. The van der Waals surface area contributed by atoms with Gasteiger partial charge >= 0.3 is 0 Å². The average molecular weight is 142 g/mol. The Kier molecular flexibility index (Phi) is 4.89. The fourth-order valence-corrected chi connectivity index (χ4v) is 0.622. The van der Waals surface area contributed by atoms with E-state index in [9.17, 15) is 0 Å². The van der Waals surface area contributed by atoms with Crippen molar-refractivity contribution in [1.82, 2.24) is 0 Å². The van der Waals surface area contributed by atoms with Crippen LogP contribution in [0.5, 0.6) is 0 Å². The molecule has 2 unspecified atom stereocenters. The van der Waals surface area contributed by atoms with Crippen LogP contribution in [0.1, 0.15) is 13.8 Å². The molecule has 2 heteroatoms. The number of aliphatic hydroxyl groups excluding tert-OH is 2. The maximum Gasteiger partial charge on any atom is 0.102 e. The average Bonchev–Trinajstić information content (AvgIpc) is 1.89. The van der Waals surface area contributed by atoms with Crippen molar-refractivity contribution in [3.8, 4) is 0 Å².